The molecule has 22 heavy (non-hydrogen) atoms. The van der Waals surface area contributed by atoms with Gasteiger partial charge in [-0.05, 0) is 56.2 Å². The molecular formula is C21H30O. The van der Waals surface area contributed by atoms with Gasteiger partial charge < -0.3 is 5.11 Å². The van der Waals surface area contributed by atoms with Gasteiger partial charge in [-0.1, -0.05) is 67.4 Å². The van der Waals surface area contributed by atoms with Gasteiger partial charge >= 0.3 is 0 Å². The van der Waals surface area contributed by atoms with Crippen LogP contribution in [0.2, 0.25) is 0 Å². The molecule has 0 aromatic heterocycles. The molecule has 0 radical (unpaired) electrons. The Morgan fingerprint density at radius 2 is 1.45 bits per heavy atom. The van der Waals surface area contributed by atoms with Gasteiger partial charge in [0.1, 0.15) is 0 Å². The fraction of sp³-hybridized carbons (Fsp3) is 0.429. The lowest BCUT2D eigenvalue weighted by Gasteiger charge is -2.09. The maximum Gasteiger partial charge on any atom is 0.0684 e. The van der Waals surface area contributed by atoms with E-state index < -0.39 is 0 Å². The first-order chi connectivity index (χ1) is 10.7. The highest BCUT2D eigenvalue weighted by atomic mass is 16.3. The van der Waals surface area contributed by atoms with E-state index in [2.05, 4.69) is 50.2 Å². The van der Waals surface area contributed by atoms with Crippen molar-refractivity contribution in [3.05, 3.63) is 70.3 Å². The van der Waals surface area contributed by atoms with Gasteiger partial charge in [-0.25, -0.2) is 0 Å². The molecule has 0 saturated heterocycles. The monoisotopic (exact) mass is 298 g/mol. The van der Waals surface area contributed by atoms with E-state index in [0.29, 0.717) is 0 Å². The molecule has 1 N–H and O–H groups in total. The summed E-state index contributed by atoms with van der Waals surface area (Å²) in [5, 5.41) is 9.37. The summed E-state index contributed by atoms with van der Waals surface area (Å²) in [4.78, 5) is 0. The Morgan fingerprint density at radius 3 is 2.14 bits per heavy atom. The average molecular weight is 298 g/mol. The molecule has 0 unspecified atom stereocenters. The van der Waals surface area contributed by atoms with E-state index in [1.807, 2.05) is 19.9 Å². The van der Waals surface area contributed by atoms with Crippen LogP contribution in [0.4, 0.5) is 0 Å². The van der Waals surface area contributed by atoms with E-state index in [0.717, 1.165) is 18.4 Å². The van der Waals surface area contributed by atoms with E-state index in [-0.39, 0.29) is 6.61 Å². The van der Waals surface area contributed by atoms with Crippen molar-refractivity contribution in [2.75, 3.05) is 0 Å². The van der Waals surface area contributed by atoms with E-state index >= 15 is 0 Å². The van der Waals surface area contributed by atoms with Gasteiger partial charge in [0.05, 0.1) is 6.61 Å². The Hall–Kier alpha value is -1.60. The molecular weight excluding hydrogens is 268 g/mol. The minimum absolute atomic E-state index is 0.146. The molecule has 0 aliphatic heterocycles. The first-order valence-electron chi connectivity index (χ1n) is 8.44. The normalized spacial score (nSPS) is 10.0. The molecule has 0 bridgehead atoms. The average Bonchev–Trinajstić information content (AvgIpc) is 2.54. The number of aliphatic hydroxyl groups excluding tert-OH is 1. The molecule has 0 heterocycles. The lowest BCUT2D eigenvalue weighted by atomic mass is 9.98. The Morgan fingerprint density at radius 1 is 0.773 bits per heavy atom. The SMILES string of the molecule is CC.Cc1cccc(CCCCc2cc(C)ccc2CO)c1. The molecule has 0 amide bonds. The van der Waals surface area contributed by atoms with Gasteiger partial charge in [0.25, 0.3) is 0 Å². The molecule has 0 aliphatic rings. The first-order valence-corrected chi connectivity index (χ1v) is 8.44. The number of hydrogen-bond acceptors (Lipinski definition) is 1. The molecule has 0 aliphatic carbocycles. The molecule has 120 valence electrons. The summed E-state index contributed by atoms with van der Waals surface area (Å²) in [6, 6.07) is 15.1. The fourth-order valence-corrected chi connectivity index (χ4v) is 2.65. The minimum atomic E-state index is 0.146. The summed E-state index contributed by atoms with van der Waals surface area (Å²) in [7, 11) is 0. The smallest absolute Gasteiger partial charge is 0.0684 e. The van der Waals surface area contributed by atoms with Crippen molar-refractivity contribution >= 4 is 0 Å². The van der Waals surface area contributed by atoms with E-state index in [1.54, 1.807) is 0 Å². The first kappa shape index (κ1) is 18.4. The van der Waals surface area contributed by atoms with Crippen LogP contribution in [0.25, 0.3) is 0 Å². The number of aliphatic hydroxyl groups is 1. The van der Waals surface area contributed by atoms with Crippen LogP contribution in [0.3, 0.4) is 0 Å². The highest BCUT2D eigenvalue weighted by Crippen LogP contribution is 2.16. The third-order valence-electron chi connectivity index (χ3n) is 3.78. The quantitative estimate of drug-likeness (QED) is 0.709. The van der Waals surface area contributed by atoms with Crippen molar-refractivity contribution in [3.63, 3.8) is 0 Å². The van der Waals surface area contributed by atoms with Gasteiger partial charge in [-0.3, -0.25) is 0 Å². The van der Waals surface area contributed by atoms with Gasteiger partial charge in [0.15, 0.2) is 0 Å². The van der Waals surface area contributed by atoms with Crippen molar-refractivity contribution in [1.29, 1.82) is 0 Å². The molecule has 0 fully saturated rings. The van der Waals surface area contributed by atoms with Gasteiger partial charge in [0.2, 0.25) is 0 Å². The van der Waals surface area contributed by atoms with Gasteiger partial charge in [0, 0.05) is 0 Å². The number of benzene rings is 2. The summed E-state index contributed by atoms with van der Waals surface area (Å²) in [6.07, 6.45) is 4.57. The number of hydrogen-bond donors (Lipinski definition) is 1. The van der Waals surface area contributed by atoms with Crippen LogP contribution in [0, 0.1) is 13.8 Å². The second-order valence-corrected chi connectivity index (χ2v) is 5.63. The third-order valence-corrected chi connectivity index (χ3v) is 3.78. The molecule has 0 atom stereocenters. The van der Waals surface area contributed by atoms with E-state index in [4.69, 9.17) is 0 Å². The summed E-state index contributed by atoms with van der Waals surface area (Å²) in [6.45, 7) is 8.40. The maximum atomic E-state index is 9.37. The van der Waals surface area contributed by atoms with Crippen molar-refractivity contribution in [2.45, 2.75) is 60.0 Å². The predicted octanol–water partition coefficient (Wildman–Crippen LogP) is 5.39. The zero-order chi connectivity index (χ0) is 16.4. The number of aryl methyl sites for hydroxylation is 4. The standard InChI is InChI=1S/C19H24O.C2H6/c1-15-6-5-8-17(12-15)7-3-4-9-18-13-16(2)10-11-19(18)14-20;1-2/h5-6,8,10-13,20H,3-4,7,9,14H2,1-2H3;1-2H3. The Kier molecular flexibility index (Phi) is 8.54. The van der Waals surface area contributed by atoms with Gasteiger partial charge in [-0.2, -0.15) is 0 Å². The minimum Gasteiger partial charge on any atom is -0.392 e. The third kappa shape index (κ3) is 6.03. The summed E-state index contributed by atoms with van der Waals surface area (Å²) in [5.41, 5.74) is 6.42. The highest BCUT2D eigenvalue weighted by Gasteiger charge is 2.02. The van der Waals surface area contributed by atoms with Crippen LogP contribution in [-0.2, 0) is 19.4 Å². The molecule has 0 spiro atoms. The topological polar surface area (TPSA) is 20.2 Å². The van der Waals surface area contributed by atoms with Crippen LogP contribution in [0.1, 0.15) is 54.5 Å². The molecule has 2 aromatic rings. The largest absolute Gasteiger partial charge is 0.392 e. The van der Waals surface area contributed by atoms with Crippen molar-refractivity contribution in [3.8, 4) is 0 Å². The second kappa shape index (κ2) is 10.2. The summed E-state index contributed by atoms with van der Waals surface area (Å²) >= 11 is 0. The van der Waals surface area contributed by atoms with E-state index in [1.165, 1.54) is 35.1 Å². The molecule has 2 rings (SSSR count). The van der Waals surface area contributed by atoms with Crippen molar-refractivity contribution < 1.29 is 5.11 Å². The Labute approximate surface area is 136 Å². The summed E-state index contributed by atoms with van der Waals surface area (Å²) in [5.74, 6) is 0. The van der Waals surface area contributed by atoms with Crippen LogP contribution in [0.5, 0.6) is 0 Å². The predicted molar refractivity (Wildman–Crippen MR) is 96.3 cm³/mol. The number of rotatable bonds is 6. The van der Waals surface area contributed by atoms with Crippen LogP contribution in [0.15, 0.2) is 42.5 Å². The second-order valence-electron chi connectivity index (χ2n) is 5.63. The van der Waals surface area contributed by atoms with Crippen LogP contribution >= 0.6 is 0 Å². The van der Waals surface area contributed by atoms with Gasteiger partial charge in [-0.15, -0.1) is 0 Å². The van der Waals surface area contributed by atoms with Crippen LogP contribution in [-0.4, -0.2) is 5.11 Å². The molecule has 1 nitrogen and oxygen atoms in total. The zero-order valence-corrected chi connectivity index (χ0v) is 14.5. The lowest BCUT2D eigenvalue weighted by Crippen LogP contribution is -1.96. The maximum absolute atomic E-state index is 9.37. The lowest BCUT2D eigenvalue weighted by molar-refractivity contribution is 0.280. The fourth-order valence-electron chi connectivity index (χ4n) is 2.65. The summed E-state index contributed by atoms with van der Waals surface area (Å²) < 4.78 is 0. The van der Waals surface area contributed by atoms with Crippen LogP contribution < -0.4 is 0 Å². The zero-order valence-electron chi connectivity index (χ0n) is 14.5. The van der Waals surface area contributed by atoms with Crippen molar-refractivity contribution in [2.24, 2.45) is 0 Å². The molecule has 2 aromatic carbocycles. The van der Waals surface area contributed by atoms with Crippen molar-refractivity contribution in [1.82, 2.24) is 0 Å². The molecule has 0 saturated carbocycles. The Bertz CT molecular complexity index is 558. The Balaban J connectivity index is 0.00000116. The number of unbranched alkanes of at least 4 members (excludes halogenated alkanes) is 1. The van der Waals surface area contributed by atoms with E-state index in [9.17, 15) is 5.11 Å². The highest BCUT2D eigenvalue weighted by molar-refractivity contribution is 5.31. The molecule has 1 heteroatoms.